The van der Waals surface area contributed by atoms with Crippen molar-refractivity contribution in [2.24, 2.45) is 7.05 Å². The molecule has 1 saturated heterocycles. The molecule has 0 N–H and O–H groups in total. The molecule has 1 aliphatic rings. The number of rotatable bonds is 5. The fraction of sp³-hybridized carbons (Fsp3) is 0.400. The van der Waals surface area contributed by atoms with Gasteiger partial charge in [0.25, 0.3) is 0 Å². The number of aromatic nitrogens is 4. The maximum Gasteiger partial charge on any atom is 0.126 e. The summed E-state index contributed by atoms with van der Waals surface area (Å²) in [4.78, 5) is 11.5. The van der Waals surface area contributed by atoms with Crippen LogP contribution >= 0.6 is 0 Å². The Kier molecular flexibility index (Phi) is 4.40. The van der Waals surface area contributed by atoms with E-state index in [2.05, 4.69) is 63.5 Å². The molecule has 1 aliphatic heterocycles. The Bertz CT molecular complexity index is 833. The SMILES string of the molecule is Cc1cnc(C2CCCN2Cc2cccn2C)n1Cc1ccncc1. The van der Waals surface area contributed by atoms with Crippen LogP contribution in [0.1, 0.15) is 41.7 Å². The lowest BCUT2D eigenvalue weighted by molar-refractivity contribution is 0.230. The van der Waals surface area contributed by atoms with Crippen molar-refractivity contribution >= 4 is 0 Å². The molecule has 0 radical (unpaired) electrons. The van der Waals surface area contributed by atoms with Crippen LogP contribution in [0.25, 0.3) is 0 Å². The Morgan fingerprint density at radius 3 is 2.76 bits per heavy atom. The first-order chi connectivity index (χ1) is 12.2. The quantitative estimate of drug-likeness (QED) is 0.718. The van der Waals surface area contributed by atoms with E-state index >= 15 is 0 Å². The first kappa shape index (κ1) is 16.1. The van der Waals surface area contributed by atoms with E-state index in [9.17, 15) is 0 Å². The summed E-state index contributed by atoms with van der Waals surface area (Å²) in [5.74, 6) is 1.20. The average Bonchev–Trinajstić information content (AvgIpc) is 3.32. The summed E-state index contributed by atoms with van der Waals surface area (Å²) in [6, 6.07) is 8.89. The third kappa shape index (κ3) is 3.24. The van der Waals surface area contributed by atoms with Crippen LogP contribution in [-0.2, 0) is 20.1 Å². The number of aryl methyl sites for hydroxylation is 2. The van der Waals surface area contributed by atoms with Gasteiger partial charge in [0.15, 0.2) is 0 Å². The number of likely N-dealkylation sites (tertiary alicyclic amines) is 1. The van der Waals surface area contributed by atoms with Crippen molar-refractivity contribution in [1.29, 1.82) is 0 Å². The van der Waals surface area contributed by atoms with Gasteiger partial charge in [0.2, 0.25) is 0 Å². The molecule has 5 nitrogen and oxygen atoms in total. The minimum Gasteiger partial charge on any atom is -0.353 e. The minimum absolute atomic E-state index is 0.394. The van der Waals surface area contributed by atoms with Gasteiger partial charge in [-0.2, -0.15) is 0 Å². The molecule has 0 aromatic carbocycles. The molecule has 0 saturated carbocycles. The lowest BCUT2D eigenvalue weighted by Crippen LogP contribution is -2.26. The molecule has 0 amide bonds. The van der Waals surface area contributed by atoms with Gasteiger partial charge < -0.3 is 9.13 Å². The molecule has 1 fully saturated rings. The van der Waals surface area contributed by atoms with Gasteiger partial charge in [-0.25, -0.2) is 4.98 Å². The van der Waals surface area contributed by atoms with Crippen LogP contribution in [0, 0.1) is 6.92 Å². The lowest BCUT2D eigenvalue weighted by Gasteiger charge is -2.25. The zero-order chi connectivity index (χ0) is 17.2. The second-order valence-electron chi connectivity index (χ2n) is 6.94. The van der Waals surface area contributed by atoms with Crippen molar-refractivity contribution < 1.29 is 0 Å². The molecule has 1 unspecified atom stereocenters. The van der Waals surface area contributed by atoms with Gasteiger partial charge in [-0.3, -0.25) is 9.88 Å². The number of nitrogens with zero attached hydrogens (tertiary/aromatic N) is 5. The first-order valence-corrected chi connectivity index (χ1v) is 8.97. The van der Waals surface area contributed by atoms with Gasteiger partial charge in [-0.05, 0) is 56.1 Å². The highest BCUT2D eigenvalue weighted by Gasteiger charge is 2.30. The fourth-order valence-corrected chi connectivity index (χ4v) is 3.80. The molecule has 3 aromatic rings. The van der Waals surface area contributed by atoms with Crippen molar-refractivity contribution in [3.8, 4) is 0 Å². The molecule has 3 aromatic heterocycles. The molecule has 1 atom stereocenters. The number of imidazole rings is 1. The van der Waals surface area contributed by atoms with Gasteiger partial charge >= 0.3 is 0 Å². The van der Waals surface area contributed by atoms with Crippen molar-refractivity contribution in [2.45, 2.75) is 38.9 Å². The predicted molar refractivity (Wildman–Crippen MR) is 98.1 cm³/mol. The van der Waals surface area contributed by atoms with E-state index in [0.29, 0.717) is 6.04 Å². The van der Waals surface area contributed by atoms with E-state index in [1.54, 1.807) is 0 Å². The number of hydrogen-bond acceptors (Lipinski definition) is 3. The molecule has 4 rings (SSSR count). The average molecular weight is 335 g/mol. The van der Waals surface area contributed by atoms with Crippen molar-refractivity contribution in [3.63, 3.8) is 0 Å². The molecule has 130 valence electrons. The molecule has 0 spiro atoms. The topological polar surface area (TPSA) is 38.9 Å². The lowest BCUT2D eigenvalue weighted by atomic mass is 10.2. The van der Waals surface area contributed by atoms with Crippen LogP contribution in [0.15, 0.2) is 49.1 Å². The van der Waals surface area contributed by atoms with Gasteiger partial charge in [0.1, 0.15) is 5.82 Å². The molecule has 0 bridgehead atoms. The minimum atomic E-state index is 0.394. The number of hydrogen-bond donors (Lipinski definition) is 0. The summed E-state index contributed by atoms with van der Waals surface area (Å²) in [5.41, 5.74) is 3.85. The van der Waals surface area contributed by atoms with Gasteiger partial charge in [0, 0.05) is 56.3 Å². The highest BCUT2D eigenvalue weighted by molar-refractivity contribution is 5.17. The Morgan fingerprint density at radius 2 is 2.00 bits per heavy atom. The summed E-state index contributed by atoms with van der Waals surface area (Å²) in [5, 5.41) is 0. The van der Waals surface area contributed by atoms with Crippen molar-refractivity contribution in [2.75, 3.05) is 6.54 Å². The maximum absolute atomic E-state index is 4.79. The van der Waals surface area contributed by atoms with Gasteiger partial charge in [0.05, 0.1) is 6.04 Å². The Balaban J connectivity index is 1.59. The van der Waals surface area contributed by atoms with Gasteiger partial charge in [-0.15, -0.1) is 0 Å². The molecular formula is C20H25N5. The molecular weight excluding hydrogens is 310 g/mol. The monoisotopic (exact) mass is 335 g/mol. The third-order valence-corrected chi connectivity index (χ3v) is 5.25. The summed E-state index contributed by atoms with van der Waals surface area (Å²) in [6.45, 7) is 5.12. The first-order valence-electron chi connectivity index (χ1n) is 8.97. The van der Waals surface area contributed by atoms with Crippen molar-refractivity contribution in [3.05, 3.63) is 71.8 Å². The Labute approximate surface area is 148 Å². The maximum atomic E-state index is 4.79. The normalized spacial score (nSPS) is 18.1. The second kappa shape index (κ2) is 6.84. The highest BCUT2D eigenvalue weighted by Crippen LogP contribution is 2.33. The zero-order valence-electron chi connectivity index (χ0n) is 15.0. The summed E-state index contributed by atoms with van der Waals surface area (Å²) in [6.07, 6.45) is 10.3. The van der Waals surface area contributed by atoms with Crippen LogP contribution in [0.3, 0.4) is 0 Å². The molecule has 25 heavy (non-hydrogen) atoms. The van der Waals surface area contributed by atoms with Crippen molar-refractivity contribution in [1.82, 2.24) is 24.0 Å². The van der Waals surface area contributed by atoms with E-state index in [-0.39, 0.29) is 0 Å². The van der Waals surface area contributed by atoms with Crippen LogP contribution in [0.4, 0.5) is 0 Å². The van der Waals surface area contributed by atoms with Crippen LogP contribution in [0.5, 0.6) is 0 Å². The fourth-order valence-electron chi connectivity index (χ4n) is 3.80. The van der Waals surface area contributed by atoms with Gasteiger partial charge in [-0.1, -0.05) is 0 Å². The van der Waals surface area contributed by atoms with E-state index < -0.39 is 0 Å². The predicted octanol–water partition coefficient (Wildman–Crippen LogP) is 3.31. The smallest absolute Gasteiger partial charge is 0.126 e. The van der Waals surface area contributed by atoms with Crippen LogP contribution in [-0.4, -0.2) is 30.5 Å². The molecule has 4 heterocycles. The standard InChI is InChI=1S/C20H25N5/c1-16-13-22-20(25(16)14-17-7-9-21-10-8-17)19-6-4-12-24(19)15-18-5-3-11-23(18)2/h3,5,7-11,13,19H,4,6,12,14-15H2,1-2H3. The molecule has 0 aliphatic carbocycles. The summed E-state index contributed by atoms with van der Waals surface area (Å²) >= 11 is 0. The largest absolute Gasteiger partial charge is 0.353 e. The number of pyridine rings is 1. The zero-order valence-corrected chi connectivity index (χ0v) is 15.0. The Morgan fingerprint density at radius 1 is 1.16 bits per heavy atom. The van der Waals surface area contributed by atoms with Crippen LogP contribution in [0.2, 0.25) is 0 Å². The third-order valence-electron chi connectivity index (χ3n) is 5.25. The van der Waals surface area contributed by atoms with Crippen LogP contribution < -0.4 is 0 Å². The van der Waals surface area contributed by atoms with E-state index in [1.807, 2.05) is 18.6 Å². The van der Waals surface area contributed by atoms with E-state index in [4.69, 9.17) is 4.98 Å². The van der Waals surface area contributed by atoms with E-state index in [1.165, 1.54) is 35.6 Å². The second-order valence-corrected chi connectivity index (χ2v) is 6.94. The highest BCUT2D eigenvalue weighted by atomic mass is 15.2. The Hall–Kier alpha value is -2.40. The summed E-state index contributed by atoms with van der Waals surface area (Å²) < 4.78 is 4.58. The molecule has 5 heteroatoms. The van der Waals surface area contributed by atoms with E-state index in [0.717, 1.165) is 19.6 Å². The summed E-state index contributed by atoms with van der Waals surface area (Å²) in [7, 11) is 2.12.